The first kappa shape index (κ1) is 29.4. The van der Waals surface area contributed by atoms with Crippen LogP contribution in [-0.4, -0.2) is 103 Å². The van der Waals surface area contributed by atoms with Gasteiger partial charge in [-0.05, 0) is 63.4 Å². The van der Waals surface area contributed by atoms with Crippen molar-refractivity contribution in [1.82, 2.24) is 20.1 Å². The molecule has 2 saturated heterocycles. The Bertz CT molecular complexity index is 1250. The first-order valence-corrected chi connectivity index (χ1v) is 14.4. The summed E-state index contributed by atoms with van der Waals surface area (Å²) in [5.74, 6) is -0.862. The van der Waals surface area contributed by atoms with Gasteiger partial charge in [0.15, 0.2) is 0 Å². The van der Waals surface area contributed by atoms with Crippen LogP contribution in [0.1, 0.15) is 49.3 Å². The van der Waals surface area contributed by atoms with Gasteiger partial charge in [0.25, 0.3) is 5.91 Å². The molecule has 0 aliphatic carbocycles. The number of aromatic nitrogens is 1. The highest BCUT2D eigenvalue weighted by Gasteiger charge is 2.37. The lowest BCUT2D eigenvalue weighted by atomic mass is 10.0. The zero-order valence-corrected chi connectivity index (χ0v) is 24.3. The van der Waals surface area contributed by atoms with Gasteiger partial charge in [0.05, 0.1) is 25.8 Å². The van der Waals surface area contributed by atoms with E-state index in [4.69, 9.17) is 15.2 Å². The number of carbonyl (C=O) groups is 2. The van der Waals surface area contributed by atoms with E-state index in [0.717, 1.165) is 25.2 Å². The number of benzene rings is 1. The summed E-state index contributed by atoms with van der Waals surface area (Å²) >= 11 is 0. The van der Waals surface area contributed by atoms with Crippen LogP contribution in [0.2, 0.25) is 0 Å². The van der Waals surface area contributed by atoms with Crippen LogP contribution in [-0.2, 0) is 16.0 Å². The molecular weight excluding hydrogens is 527 g/mol. The third-order valence-electron chi connectivity index (χ3n) is 8.36. The smallest absolute Gasteiger partial charge is 0.267 e. The second-order valence-electron chi connectivity index (χ2n) is 11.7. The van der Waals surface area contributed by atoms with E-state index in [-0.39, 0.29) is 54.6 Å². The number of nitrogens with one attached hydrogen (secondary N) is 1. The predicted molar refractivity (Wildman–Crippen MR) is 154 cm³/mol. The normalized spacial score (nSPS) is 27.2. The summed E-state index contributed by atoms with van der Waals surface area (Å²) in [6, 6.07) is 8.65. The number of amides is 2. The fraction of sp³-hybridized carbons (Fsp3) is 0.567. The lowest BCUT2D eigenvalue weighted by Gasteiger charge is -2.46. The van der Waals surface area contributed by atoms with Crippen LogP contribution in [0.15, 0.2) is 30.3 Å². The second-order valence-corrected chi connectivity index (χ2v) is 11.7. The molecule has 11 heteroatoms. The Kier molecular flexibility index (Phi) is 8.88. The summed E-state index contributed by atoms with van der Waals surface area (Å²) in [6.07, 6.45) is 0.308. The van der Waals surface area contributed by atoms with Crippen molar-refractivity contribution in [3.63, 3.8) is 0 Å². The van der Waals surface area contributed by atoms with E-state index in [2.05, 4.69) is 40.9 Å². The molecule has 1 aromatic carbocycles. The lowest BCUT2D eigenvalue weighted by Crippen LogP contribution is -2.63. The number of nitrogens with two attached hydrogens (primary N) is 1. The molecule has 2 aromatic rings. The Morgan fingerprint density at radius 2 is 1.78 bits per heavy atom. The van der Waals surface area contributed by atoms with Crippen LogP contribution in [0.3, 0.4) is 0 Å². The number of ether oxygens (including phenoxy) is 2. The van der Waals surface area contributed by atoms with E-state index in [1.54, 1.807) is 23.1 Å². The number of anilines is 1. The molecule has 5 atom stereocenters. The number of hydrogen-bond donors (Lipinski definition) is 2. The van der Waals surface area contributed by atoms with Crippen LogP contribution < -0.4 is 20.7 Å². The molecule has 2 amide bonds. The zero-order chi connectivity index (χ0) is 29.3. The highest BCUT2D eigenvalue weighted by molar-refractivity contribution is 5.98. The summed E-state index contributed by atoms with van der Waals surface area (Å²) < 4.78 is 25.1. The summed E-state index contributed by atoms with van der Waals surface area (Å²) in [4.78, 5) is 37.3. The number of morpholine rings is 1. The number of primary amides is 1. The second kappa shape index (κ2) is 12.4. The Morgan fingerprint density at radius 1 is 1.07 bits per heavy atom. The number of nitrogens with zero attached hydrogens (tertiary/aromatic N) is 4. The molecule has 0 spiro atoms. The Labute approximate surface area is 241 Å². The molecule has 41 heavy (non-hydrogen) atoms. The Hall–Kier alpha value is -3.12. The van der Waals surface area contributed by atoms with Crippen LogP contribution in [0.5, 0.6) is 5.88 Å². The van der Waals surface area contributed by atoms with Gasteiger partial charge in [-0.1, -0.05) is 12.1 Å². The highest BCUT2D eigenvalue weighted by Crippen LogP contribution is 2.35. The number of pyridine rings is 1. The van der Waals surface area contributed by atoms with Crippen molar-refractivity contribution >= 4 is 17.5 Å². The molecule has 3 aliphatic rings. The topological polar surface area (TPSA) is 113 Å². The fourth-order valence-electron chi connectivity index (χ4n) is 6.16. The average Bonchev–Trinajstić information content (AvgIpc) is 2.92. The van der Waals surface area contributed by atoms with Gasteiger partial charge in [-0.25, -0.2) is 9.37 Å². The van der Waals surface area contributed by atoms with E-state index in [1.807, 2.05) is 6.92 Å². The van der Waals surface area contributed by atoms with E-state index in [9.17, 15) is 14.0 Å². The monoisotopic (exact) mass is 568 g/mol. The van der Waals surface area contributed by atoms with E-state index in [0.29, 0.717) is 43.0 Å². The van der Waals surface area contributed by atoms with Crippen molar-refractivity contribution in [2.75, 3.05) is 50.9 Å². The maximum Gasteiger partial charge on any atom is 0.267 e. The minimum Gasteiger partial charge on any atom is -0.474 e. The molecule has 3 aliphatic heterocycles. The van der Waals surface area contributed by atoms with E-state index in [1.165, 1.54) is 12.1 Å². The van der Waals surface area contributed by atoms with Gasteiger partial charge < -0.3 is 25.4 Å². The van der Waals surface area contributed by atoms with Gasteiger partial charge >= 0.3 is 0 Å². The minimum atomic E-state index is -0.686. The number of fused-ring (bicyclic) bond motifs is 1. The molecular formula is C30H41FN6O4. The van der Waals surface area contributed by atoms with E-state index < -0.39 is 5.91 Å². The summed E-state index contributed by atoms with van der Waals surface area (Å²) in [7, 11) is 0. The van der Waals surface area contributed by atoms with E-state index >= 15 is 0 Å². The number of hydrogen-bond acceptors (Lipinski definition) is 8. The van der Waals surface area contributed by atoms with Crippen molar-refractivity contribution < 1.29 is 23.5 Å². The van der Waals surface area contributed by atoms with Gasteiger partial charge in [-0.3, -0.25) is 19.4 Å². The van der Waals surface area contributed by atoms with Crippen LogP contribution in [0.4, 0.5) is 10.1 Å². The maximum absolute atomic E-state index is 14.1. The molecule has 2 fully saturated rings. The molecule has 10 nitrogen and oxygen atoms in total. The minimum absolute atomic E-state index is 0.0504. The molecule has 222 valence electrons. The molecule has 4 heterocycles. The quantitative estimate of drug-likeness (QED) is 0.520. The van der Waals surface area contributed by atoms with Gasteiger partial charge in [0.1, 0.15) is 23.8 Å². The van der Waals surface area contributed by atoms with Crippen LogP contribution in [0.25, 0.3) is 0 Å². The third-order valence-corrected chi connectivity index (χ3v) is 8.36. The van der Waals surface area contributed by atoms with Gasteiger partial charge in [0.2, 0.25) is 11.8 Å². The number of piperazine rings is 1. The zero-order valence-electron chi connectivity index (χ0n) is 24.3. The van der Waals surface area contributed by atoms with Crippen LogP contribution >= 0.6 is 0 Å². The van der Waals surface area contributed by atoms with Gasteiger partial charge in [-0.15, -0.1) is 0 Å². The largest absolute Gasteiger partial charge is 0.474 e. The summed E-state index contributed by atoms with van der Waals surface area (Å²) in [5, 5.41) is 3.59. The van der Waals surface area contributed by atoms with Crippen molar-refractivity contribution in [2.24, 2.45) is 5.73 Å². The molecule has 0 radical (unpaired) electrons. The summed E-state index contributed by atoms with van der Waals surface area (Å²) in [6.45, 7) is 12.8. The van der Waals surface area contributed by atoms with Gasteiger partial charge in [-0.2, -0.15) is 0 Å². The van der Waals surface area contributed by atoms with Crippen molar-refractivity contribution in [1.29, 1.82) is 0 Å². The first-order valence-electron chi connectivity index (χ1n) is 14.4. The van der Waals surface area contributed by atoms with Crippen molar-refractivity contribution in [2.45, 2.75) is 64.3 Å². The molecule has 0 unspecified atom stereocenters. The maximum atomic E-state index is 14.1. The van der Waals surface area contributed by atoms with Gasteiger partial charge in [0, 0.05) is 43.8 Å². The van der Waals surface area contributed by atoms with Crippen LogP contribution in [0, 0.1) is 5.82 Å². The molecule has 0 saturated carbocycles. The molecule has 1 aromatic heterocycles. The Morgan fingerprint density at radius 3 is 2.46 bits per heavy atom. The highest BCUT2D eigenvalue weighted by atomic mass is 19.1. The predicted octanol–water partition coefficient (Wildman–Crippen LogP) is 1.80. The summed E-state index contributed by atoms with van der Waals surface area (Å²) in [5.41, 5.74) is 7.63. The molecule has 5 rings (SSSR count). The first-order chi connectivity index (χ1) is 19.6. The molecule has 3 N–H and O–H groups in total. The fourth-order valence-corrected chi connectivity index (χ4v) is 6.16. The number of carbonyl (C=O) groups excluding carboxylic acids is 2. The standard InChI is InChI=1S/C30H41FN6O4/c1-18-12-35(25(11-33-18)13-36-19(2)15-40-16-20(36)3)14-27(38)37-21(4)17-41-30-26(37)10-23(28(34-30)29(32)39)9-22-5-7-24(31)8-6-22/h5-8,10,18-21,25,33H,9,11-17H2,1-4H3,(H2,32,39)/t18-,19-,20-,21+,25-/m1/s1. The lowest BCUT2D eigenvalue weighted by molar-refractivity contribution is -0.122. The number of rotatable bonds is 7. The SMILES string of the molecule is C[C@@H]1CN(CC(=O)N2c3cc(Cc4ccc(F)cc4)c(C(N)=O)nc3OC[C@@H]2C)[C@@H](CN2[C@H](C)COC[C@H]2C)CN1. The van der Waals surface area contributed by atoms with Crippen molar-refractivity contribution in [3.8, 4) is 5.88 Å². The molecule has 0 bridgehead atoms. The average molecular weight is 569 g/mol. The number of halogens is 1. The third kappa shape index (κ3) is 6.53. The van der Waals surface area contributed by atoms with Crippen molar-refractivity contribution in [3.05, 3.63) is 53.0 Å². The Balaban J connectivity index is 1.40.